The topological polar surface area (TPSA) is 93.0 Å². The van der Waals surface area contributed by atoms with E-state index in [2.05, 4.69) is 12.2 Å². The second kappa shape index (κ2) is 10.2. The van der Waals surface area contributed by atoms with Gasteiger partial charge in [0.25, 0.3) is 0 Å². The predicted octanol–water partition coefficient (Wildman–Crippen LogP) is 0.250. The summed E-state index contributed by atoms with van der Waals surface area (Å²) < 4.78 is 0. The average molecular weight is 316 g/mol. The molecule has 0 unspecified atom stereocenters. The van der Waals surface area contributed by atoms with Gasteiger partial charge in [-0.25, -0.2) is 0 Å². The molecule has 1 heterocycles. The number of hydrogen-bond acceptors (Lipinski definition) is 5. The van der Waals surface area contributed by atoms with Crippen molar-refractivity contribution in [1.29, 1.82) is 0 Å². The molecule has 1 rings (SSSR count). The number of unbranched alkanes of at least 4 members (excludes halogenated alkanes) is 5. The molecule has 6 heteroatoms. The number of carbonyl (C=O) groups is 1. The zero-order valence-electron chi connectivity index (χ0n) is 13.9. The van der Waals surface area contributed by atoms with E-state index in [1.807, 2.05) is 4.90 Å². The molecule has 0 aliphatic carbocycles. The Balaban J connectivity index is 2.50. The van der Waals surface area contributed by atoms with E-state index >= 15 is 0 Å². The third kappa shape index (κ3) is 5.50. The molecule has 1 aliphatic heterocycles. The number of rotatable bonds is 10. The summed E-state index contributed by atoms with van der Waals surface area (Å²) in [5, 5.41) is 32.4. The summed E-state index contributed by atoms with van der Waals surface area (Å²) >= 11 is 0. The van der Waals surface area contributed by atoms with Crippen LogP contribution in [0.25, 0.3) is 0 Å². The molecule has 0 aromatic rings. The molecule has 1 fully saturated rings. The minimum Gasteiger partial charge on any atom is -0.395 e. The van der Waals surface area contributed by atoms with E-state index in [0.29, 0.717) is 6.54 Å². The molecule has 4 N–H and O–H groups in total. The van der Waals surface area contributed by atoms with Gasteiger partial charge in [-0.15, -0.1) is 0 Å². The van der Waals surface area contributed by atoms with E-state index in [4.69, 9.17) is 0 Å². The van der Waals surface area contributed by atoms with Gasteiger partial charge in [0, 0.05) is 13.5 Å². The zero-order valence-corrected chi connectivity index (χ0v) is 13.9. The minimum absolute atomic E-state index is 0.159. The van der Waals surface area contributed by atoms with Crippen molar-refractivity contribution >= 4 is 5.91 Å². The van der Waals surface area contributed by atoms with Crippen molar-refractivity contribution in [2.45, 2.75) is 76.7 Å². The van der Waals surface area contributed by atoms with Crippen molar-refractivity contribution in [3.63, 3.8) is 0 Å². The van der Waals surface area contributed by atoms with Gasteiger partial charge in [-0.1, -0.05) is 39.0 Å². The van der Waals surface area contributed by atoms with Crippen molar-refractivity contribution in [1.82, 2.24) is 10.2 Å². The van der Waals surface area contributed by atoms with Crippen molar-refractivity contribution in [3.05, 3.63) is 0 Å². The van der Waals surface area contributed by atoms with Gasteiger partial charge in [-0.3, -0.25) is 9.69 Å². The lowest BCUT2D eigenvalue weighted by Crippen LogP contribution is -2.47. The SMILES string of the molecule is CCCCCCCCN1[C@H](CO)[C@@H](O)[C@H](O)[C@H]1CNC(C)=O. The van der Waals surface area contributed by atoms with Crippen LogP contribution in [-0.2, 0) is 4.79 Å². The van der Waals surface area contributed by atoms with Crippen molar-refractivity contribution in [2.75, 3.05) is 19.7 Å². The second-order valence-corrected chi connectivity index (χ2v) is 6.24. The first-order valence-corrected chi connectivity index (χ1v) is 8.50. The van der Waals surface area contributed by atoms with Crippen LogP contribution in [0.15, 0.2) is 0 Å². The number of nitrogens with one attached hydrogen (secondary N) is 1. The lowest BCUT2D eigenvalue weighted by Gasteiger charge is -2.29. The van der Waals surface area contributed by atoms with E-state index in [0.717, 1.165) is 19.4 Å². The van der Waals surface area contributed by atoms with Crippen LogP contribution in [0.1, 0.15) is 52.4 Å². The first-order valence-electron chi connectivity index (χ1n) is 8.50. The van der Waals surface area contributed by atoms with Crippen LogP contribution in [0.4, 0.5) is 0 Å². The van der Waals surface area contributed by atoms with Gasteiger partial charge in [0.15, 0.2) is 0 Å². The van der Waals surface area contributed by atoms with Crippen molar-refractivity contribution in [2.24, 2.45) is 0 Å². The van der Waals surface area contributed by atoms with E-state index in [-0.39, 0.29) is 18.6 Å². The molecule has 22 heavy (non-hydrogen) atoms. The Kier molecular flexibility index (Phi) is 8.93. The highest BCUT2D eigenvalue weighted by Gasteiger charge is 2.46. The minimum atomic E-state index is -0.969. The molecule has 1 amide bonds. The lowest BCUT2D eigenvalue weighted by molar-refractivity contribution is -0.119. The van der Waals surface area contributed by atoms with Gasteiger partial charge in [0.1, 0.15) is 0 Å². The third-order valence-corrected chi connectivity index (χ3v) is 4.51. The molecule has 0 radical (unpaired) electrons. The quantitative estimate of drug-likeness (QED) is 0.434. The van der Waals surface area contributed by atoms with Crippen LogP contribution < -0.4 is 5.32 Å². The molecule has 0 spiro atoms. The smallest absolute Gasteiger partial charge is 0.216 e. The summed E-state index contributed by atoms with van der Waals surface area (Å²) in [6.45, 7) is 4.44. The first kappa shape index (κ1) is 19.4. The summed E-state index contributed by atoms with van der Waals surface area (Å²) in [5.41, 5.74) is 0. The Bertz CT molecular complexity index is 327. The molecule has 1 aliphatic rings. The van der Waals surface area contributed by atoms with E-state index in [9.17, 15) is 20.1 Å². The number of amides is 1. The Morgan fingerprint density at radius 3 is 2.23 bits per heavy atom. The predicted molar refractivity (Wildman–Crippen MR) is 85.4 cm³/mol. The molecule has 0 saturated carbocycles. The lowest BCUT2D eigenvalue weighted by atomic mass is 10.1. The van der Waals surface area contributed by atoms with Crippen LogP contribution in [0.2, 0.25) is 0 Å². The van der Waals surface area contributed by atoms with Crippen molar-refractivity contribution in [3.8, 4) is 0 Å². The first-order chi connectivity index (χ1) is 10.5. The Labute approximate surface area is 133 Å². The van der Waals surface area contributed by atoms with E-state index in [1.54, 1.807) is 0 Å². The fourth-order valence-corrected chi connectivity index (χ4v) is 3.20. The maximum absolute atomic E-state index is 11.1. The third-order valence-electron chi connectivity index (χ3n) is 4.51. The van der Waals surface area contributed by atoms with Crippen LogP contribution in [0, 0.1) is 0 Å². The highest BCUT2D eigenvalue weighted by atomic mass is 16.3. The number of aliphatic hydroxyl groups is 3. The second-order valence-electron chi connectivity index (χ2n) is 6.24. The standard InChI is InChI=1S/C16H32N2O4/c1-3-4-5-6-7-8-9-18-13(10-17-12(2)20)15(21)16(22)14(18)11-19/h13-16,19,21-22H,3-11H2,1-2H3,(H,17,20)/t13-,14-,15-,16-/m1/s1. The highest BCUT2D eigenvalue weighted by molar-refractivity contribution is 5.72. The molecular weight excluding hydrogens is 284 g/mol. The summed E-state index contributed by atoms with van der Waals surface area (Å²) in [7, 11) is 0. The summed E-state index contributed by atoms with van der Waals surface area (Å²) in [5.74, 6) is -0.159. The summed E-state index contributed by atoms with van der Waals surface area (Å²) in [6.07, 6.45) is 5.06. The normalized spacial score (nSPS) is 29.0. The number of nitrogens with zero attached hydrogens (tertiary/aromatic N) is 1. The number of carbonyl (C=O) groups excluding carboxylic acids is 1. The van der Waals surface area contributed by atoms with E-state index < -0.39 is 18.2 Å². The highest BCUT2D eigenvalue weighted by Crippen LogP contribution is 2.25. The molecule has 0 bridgehead atoms. The molecule has 0 aromatic carbocycles. The molecule has 0 aromatic heterocycles. The van der Waals surface area contributed by atoms with Crippen LogP contribution >= 0.6 is 0 Å². The van der Waals surface area contributed by atoms with Crippen LogP contribution in [-0.4, -0.2) is 70.1 Å². The molecule has 4 atom stereocenters. The van der Waals surface area contributed by atoms with Gasteiger partial charge in [0.05, 0.1) is 30.9 Å². The van der Waals surface area contributed by atoms with Gasteiger partial charge in [0.2, 0.25) is 5.91 Å². The van der Waals surface area contributed by atoms with Crippen LogP contribution in [0.5, 0.6) is 0 Å². The summed E-state index contributed by atoms with van der Waals surface area (Å²) in [4.78, 5) is 13.0. The number of hydrogen-bond donors (Lipinski definition) is 4. The monoisotopic (exact) mass is 316 g/mol. The van der Waals surface area contributed by atoms with Crippen molar-refractivity contribution < 1.29 is 20.1 Å². The fourth-order valence-electron chi connectivity index (χ4n) is 3.20. The maximum atomic E-state index is 11.1. The molecule has 130 valence electrons. The van der Waals surface area contributed by atoms with Gasteiger partial charge < -0.3 is 20.6 Å². The molecule has 6 nitrogen and oxygen atoms in total. The molecule has 1 saturated heterocycles. The summed E-state index contributed by atoms with van der Waals surface area (Å²) in [6, 6.07) is -0.795. The fraction of sp³-hybridized carbons (Fsp3) is 0.938. The number of likely N-dealkylation sites (tertiary alicyclic amines) is 1. The largest absolute Gasteiger partial charge is 0.395 e. The maximum Gasteiger partial charge on any atom is 0.216 e. The zero-order chi connectivity index (χ0) is 16.5. The Morgan fingerprint density at radius 2 is 1.64 bits per heavy atom. The van der Waals surface area contributed by atoms with Gasteiger partial charge in [-0.2, -0.15) is 0 Å². The van der Waals surface area contributed by atoms with Crippen LogP contribution in [0.3, 0.4) is 0 Å². The number of aliphatic hydroxyl groups excluding tert-OH is 3. The van der Waals surface area contributed by atoms with Gasteiger partial charge >= 0.3 is 0 Å². The Hall–Kier alpha value is -0.690. The average Bonchev–Trinajstić information content (AvgIpc) is 2.71. The Morgan fingerprint density at radius 1 is 1.05 bits per heavy atom. The molecular formula is C16H32N2O4. The van der Waals surface area contributed by atoms with Gasteiger partial charge in [-0.05, 0) is 13.0 Å². The van der Waals surface area contributed by atoms with E-state index in [1.165, 1.54) is 32.6 Å².